The Labute approximate surface area is 140 Å². The Morgan fingerprint density at radius 1 is 1.46 bits per heavy atom. The second-order valence-electron chi connectivity index (χ2n) is 6.18. The van der Waals surface area contributed by atoms with E-state index in [-0.39, 0.29) is 5.56 Å². The molecule has 0 unspecified atom stereocenters. The second-order valence-corrected chi connectivity index (χ2v) is 6.18. The third-order valence-electron chi connectivity index (χ3n) is 4.27. The van der Waals surface area contributed by atoms with Crippen LogP contribution >= 0.6 is 0 Å². The molecule has 7 heteroatoms. The summed E-state index contributed by atoms with van der Waals surface area (Å²) < 4.78 is 8.00. The van der Waals surface area contributed by atoms with Crippen molar-refractivity contribution in [3.63, 3.8) is 0 Å². The van der Waals surface area contributed by atoms with Crippen LogP contribution in [0.1, 0.15) is 35.5 Å². The van der Waals surface area contributed by atoms with E-state index in [2.05, 4.69) is 45.0 Å². The van der Waals surface area contributed by atoms with Crippen molar-refractivity contribution in [1.82, 2.24) is 14.5 Å². The Balaban J connectivity index is 1.71. The molecule has 1 aliphatic heterocycles. The standard InChI is InChI=1S/C17H23N5O2/c1-11-7-16(23)20-17(19-11)21-18-9-14-8-12(2)22(13(14)3)10-15-5-4-6-24-15/h7-9,15H,4-6,10H2,1-3H3,(H2,19,20,21,23)/b18-9-/t15-/m1/s1. The fourth-order valence-corrected chi connectivity index (χ4v) is 3.03. The van der Waals surface area contributed by atoms with Crippen LogP contribution in [0.2, 0.25) is 0 Å². The number of aryl methyl sites for hydroxylation is 2. The number of aromatic nitrogens is 3. The average Bonchev–Trinajstić information content (AvgIpc) is 3.11. The van der Waals surface area contributed by atoms with Crippen LogP contribution in [0, 0.1) is 20.8 Å². The molecule has 0 amide bonds. The van der Waals surface area contributed by atoms with Crippen molar-refractivity contribution in [2.24, 2.45) is 5.10 Å². The quantitative estimate of drug-likeness (QED) is 0.650. The van der Waals surface area contributed by atoms with Gasteiger partial charge in [0.25, 0.3) is 5.56 Å². The van der Waals surface area contributed by atoms with Gasteiger partial charge >= 0.3 is 0 Å². The van der Waals surface area contributed by atoms with Gasteiger partial charge < -0.3 is 9.30 Å². The van der Waals surface area contributed by atoms with Crippen LogP contribution in [0.25, 0.3) is 0 Å². The van der Waals surface area contributed by atoms with Crippen LogP contribution in [0.5, 0.6) is 0 Å². The van der Waals surface area contributed by atoms with E-state index in [4.69, 9.17) is 4.74 Å². The van der Waals surface area contributed by atoms with Crippen LogP contribution < -0.4 is 11.0 Å². The minimum absolute atomic E-state index is 0.199. The number of hydrogen-bond acceptors (Lipinski definition) is 5. The molecule has 1 fully saturated rings. The molecule has 0 bridgehead atoms. The zero-order valence-corrected chi connectivity index (χ0v) is 14.3. The van der Waals surface area contributed by atoms with Gasteiger partial charge in [-0.15, -0.1) is 0 Å². The Hall–Kier alpha value is -2.41. The lowest BCUT2D eigenvalue weighted by atomic mass is 10.2. The lowest BCUT2D eigenvalue weighted by Crippen LogP contribution is -2.16. The molecule has 0 aliphatic carbocycles. The molecule has 3 heterocycles. The van der Waals surface area contributed by atoms with Gasteiger partial charge in [0.05, 0.1) is 12.3 Å². The molecule has 2 aromatic heterocycles. The van der Waals surface area contributed by atoms with Gasteiger partial charge in [-0.3, -0.25) is 9.78 Å². The van der Waals surface area contributed by atoms with E-state index in [0.29, 0.717) is 17.7 Å². The maximum Gasteiger partial charge on any atom is 0.252 e. The number of nitrogens with one attached hydrogen (secondary N) is 2. The number of ether oxygens (including phenoxy) is 1. The molecule has 0 saturated carbocycles. The van der Waals surface area contributed by atoms with Gasteiger partial charge in [-0.2, -0.15) is 5.10 Å². The predicted molar refractivity (Wildman–Crippen MR) is 93.7 cm³/mol. The third-order valence-corrected chi connectivity index (χ3v) is 4.27. The first-order valence-electron chi connectivity index (χ1n) is 8.18. The number of H-pyrrole nitrogens is 1. The van der Waals surface area contributed by atoms with Crippen molar-refractivity contribution in [1.29, 1.82) is 0 Å². The summed E-state index contributed by atoms with van der Waals surface area (Å²) in [7, 11) is 0. The van der Waals surface area contributed by atoms with Crippen molar-refractivity contribution in [3.8, 4) is 0 Å². The maximum atomic E-state index is 11.4. The van der Waals surface area contributed by atoms with E-state index in [9.17, 15) is 4.79 Å². The predicted octanol–water partition coefficient (Wildman–Crippen LogP) is 2.12. The van der Waals surface area contributed by atoms with Crippen molar-refractivity contribution in [2.45, 2.75) is 46.3 Å². The smallest absolute Gasteiger partial charge is 0.252 e. The van der Waals surface area contributed by atoms with E-state index in [0.717, 1.165) is 37.3 Å². The molecule has 2 aromatic rings. The Morgan fingerprint density at radius 2 is 2.29 bits per heavy atom. The number of aromatic amines is 1. The van der Waals surface area contributed by atoms with E-state index >= 15 is 0 Å². The Bertz CT molecular complexity index is 800. The van der Waals surface area contributed by atoms with Gasteiger partial charge in [0.15, 0.2) is 0 Å². The van der Waals surface area contributed by atoms with Gasteiger partial charge in [-0.05, 0) is 39.7 Å². The summed E-state index contributed by atoms with van der Waals surface area (Å²) in [5.41, 5.74) is 6.59. The minimum atomic E-state index is -0.199. The number of rotatable bonds is 5. The van der Waals surface area contributed by atoms with E-state index < -0.39 is 0 Å². The lowest BCUT2D eigenvalue weighted by molar-refractivity contribution is 0.0962. The van der Waals surface area contributed by atoms with E-state index in [1.165, 1.54) is 11.8 Å². The first kappa shape index (κ1) is 16.4. The van der Waals surface area contributed by atoms with Crippen molar-refractivity contribution in [3.05, 3.63) is 45.1 Å². The zero-order chi connectivity index (χ0) is 17.1. The monoisotopic (exact) mass is 329 g/mol. The Morgan fingerprint density at radius 3 is 3.00 bits per heavy atom. The van der Waals surface area contributed by atoms with Crippen LogP contribution in [0.3, 0.4) is 0 Å². The number of hydrazone groups is 1. The highest BCUT2D eigenvalue weighted by molar-refractivity contribution is 5.82. The summed E-state index contributed by atoms with van der Waals surface area (Å²) in [4.78, 5) is 18.2. The van der Waals surface area contributed by atoms with E-state index in [1.807, 2.05) is 0 Å². The minimum Gasteiger partial charge on any atom is -0.376 e. The first-order chi connectivity index (χ1) is 11.5. The van der Waals surface area contributed by atoms with Crippen molar-refractivity contribution >= 4 is 12.2 Å². The highest BCUT2D eigenvalue weighted by atomic mass is 16.5. The summed E-state index contributed by atoms with van der Waals surface area (Å²) in [6.45, 7) is 7.68. The van der Waals surface area contributed by atoms with Gasteiger partial charge in [-0.25, -0.2) is 10.4 Å². The van der Waals surface area contributed by atoms with Crippen molar-refractivity contribution < 1.29 is 4.74 Å². The number of hydrogen-bond donors (Lipinski definition) is 2. The molecule has 0 spiro atoms. The van der Waals surface area contributed by atoms with Gasteiger partial charge in [-0.1, -0.05) is 0 Å². The van der Waals surface area contributed by atoms with Crippen molar-refractivity contribution in [2.75, 3.05) is 12.0 Å². The molecular weight excluding hydrogens is 306 g/mol. The number of nitrogens with zero attached hydrogens (tertiary/aromatic N) is 3. The zero-order valence-electron chi connectivity index (χ0n) is 14.3. The molecule has 1 aliphatic rings. The third kappa shape index (κ3) is 3.73. The fraction of sp³-hybridized carbons (Fsp3) is 0.471. The van der Waals surface area contributed by atoms with Crippen LogP contribution in [-0.2, 0) is 11.3 Å². The molecule has 7 nitrogen and oxygen atoms in total. The number of anilines is 1. The topological polar surface area (TPSA) is 84.3 Å². The fourth-order valence-electron chi connectivity index (χ4n) is 3.03. The molecule has 3 rings (SSSR count). The molecule has 1 atom stereocenters. The van der Waals surface area contributed by atoms with Crippen LogP contribution in [0.15, 0.2) is 22.0 Å². The van der Waals surface area contributed by atoms with Crippen LogP contribution in [0.4, 0.5) is 5.95 Å². The molecule has 1 saturated heterocycles. The Kier molecular flexibility index (Phi) is 4.80. The average molecular weight is 329 g/mol. The largest absolute Gasteiger partial charge is 0.376 e. The molecular formula is C17H23N5O2. The highest BCUT2D eigenvalue weighted by Crippen LogP contribution is 2.19. The second kappa shape index (κ2) is 7.00. The molecule has 0 aromatic carbocycles. The van der Waals surface area contributed by atoms with Gasteiger partial charge in [0, 0.05) is 41.9 Å². The summed E-state index contributed by atoms with van der Waals surface area (Å²) >= 11 is 0. The lowest BCUT2D eigenvalue weighted by Gasteiger charge is -2.14. The summed E-state index contributed by atoms with van der Waals surface area (Å²) in [5.74, 6) is 0.337. The molecule has 0 radical (unpaired) electrons. The maximum absolute atomic E-state index is 11.4. The van der Waals surface area contributed by atoms with E-state index in [1.54, 1.807) is 13.1 Å². The first-order valence-corrected chi connectivity index (χ1v) is 8.18. The highest BCUT2D eigenvalue weighted by Gasteiger charge is 2.18. The molecule has 2 N–H and O–H groups in total. The molecule has 128 valence electrons. The SMILES string of the molecule is Cc1cc(=O)[nH]c(N/N=C\c2cc(C)n(C[C@H]3CCCO3)c2C)n1. The van der Waals surface area contributed by atoms with Crippen LogP contribution in [-0.4, -0.2) is 33.5 Å². The summed E-state index contributed by atoms with van der Waals surface area (Å²) in [5, 5.41) is 4.19. The summed E-state index contributed by atoms with van der Waals surface area (Å²) in [6.07, 6.45) is 4.31. The van der Waals surface area contributed by atoms with Gasteiger partial charge in [0.1, 0.15) is 0 Å². The summed E-state index contributed by atoms with van der Waals surface area (Å²) in [6, 6.07) is 3.54. The molecule has 24 heavy (non-hydrogen) atoms. The normalized spacial score (nSPS) is 17.7. The van der Waals surface area contributed by atoms with Gasteiger partial charge in [0.2, 0.25) is 5.95 Å².